The third-order valence-corrected chi connectivity index (χ3v) is 4.33. The van der Waals surface area contributed by atoms with Gasteiger partial charge in [0.05, 0.1) is 0 Å². The van der Waals surface area contributed by atoms with E-state index in [2.05, 4.69) is 15.6 Å². The largest absolute Gasteiger partial charge is 0.481 e. The van der Waals surface area contributed by atoms with Crippen LogP contribution in [0.1, 0.15) is 29.3 Å². The van der Waals surface area contributed by atoms with E-state index in [-0.39, 0.29) is 5.91 Å². The van der Waals surface area contributed by atoms with Gasteiger partial charge in [0.2, 0.25) is 0 Å². The van der Waals surface area contributed by atoms with Gasteiger partial charge in [-0.1, -0.05) is 18.2 Å². The summed E-state index contributed by atoms with van der Waals surface area (Å²) in [4.78, 5) is 16.8. The summed E-state index contributed by atoms with van der Waals surface area (Å²) >= 11 is 0. The van der Waals surface area contributed by atoms with Crippen LogP contribution in [0.3, 0.4) is 0 Å². The number of nitrogens with zero attached hydrogens (tertiary/aromatic N) is 1. The zero-order chi connectivity index (χ0) is 16.9. The molecule has 0 spiro atoms. The van der Waals surface area contributed by atoms with Crippen molar-refractivity contribution in [1.82, 2.24) is 15.6 Å². The summed E-state index contributed by atoms with van der Waals surface area (Å²) in [7, 11) is 0. The van der Waals surface area contributed by atoms with Crippen molar-refractivity contribution in [3.8, 4) is 5.75 Å². The van der Waals surface area contributed by atoms with Gasteiger partial charge in [0, 0.05) is 25.0 Å². The highest BCUT2D eigenvalue weighted by molar-refractivity contribution is 5.80. The fourth-order valence-electron chi connectivity index (χ4n) is 2.95. The van der Waals surface area contributed by atoms with Crippen molar-refractivity contribution >= 4 is 5.91 Å². The molecule has 3 rings (SSSR count). The number of nitrogens with one attached hydrogen (secondary N) is 2. The molecule has 5 heteroatoms. The van der Waals surface area contributed by atoms with Crippen molar-refractivity contribution in [2.75, 3.05) is 6.54 Å². The van der Waals surface area contributed by atoms with Crippen LogP contribution >= 0.6 is 0 Å². The third-order valence-electron chi connectivity index (χ3n) is 4.33. The van der Waals surface area contributed by atoms with E-state index in [0.717, 1.165) is 30.8 Å². The first-order valence-electron chi connectivity index (χ1n) is 8.31. The van der Waals surface area contributed by atoms with Crippen LogP contribution in [0.15, 0.2) is 36.5 Å². The maximum atomic E-state index is 12.3. The Balaban J connectivity index is 1.64. The second-order valence-electron chi connectivity index (χ2n) is 6.04. The predicted molar refractivity (Wildman–Crippen MR) is 92.8 cm³/mol. The minimum absolute atomic E-state index is 0.121. The summed E-state index contributed by atoms with van der Waals surface area (Å²) in [6, 6.07) is 9.39. The smallest absolute Gasteiger partial charge is 0.261 e. The second kappa shape index (κ2) is 7.45. The summed E-state index contributed by atoms with van der Waals surface area (Å²) in [5, 5.41) is 6.34. The molecule has 1 aliphatic rings. The molecule has 126 valence electrons. The number of amides is 1. The summed E-state index contributed by atoms with van der Waals surface area (Å²) in [5.74, 6) is 0.575. The van der Waals surface area contributed by atoms with Crippen molar-refractivity contribution in [3.63, 3.8) is 0 Å². The fourth-order valence-corrected chi connectivity index (χ4v) is 2.95. The number of hydrogen-bond acceptors (Lipinski definition) is 4. The number of fused-ring (bicyclic) bond motifs is 1. The highest BCUT2D eigenvalue weighted by Crippen LogP contribution is 2.20. The number of pyridine rings is 1. The van der Waals surface area contributed by atoms with Crippen LogP contribution in [0, 0.1) is 6.92 Å². The summed E-state index contributed by atoms with van der Waals surface area (Å²) < 4.78 is 5.67. The Hall–Kier alpha value is -2.40. The van der Waals surface area contributed by atoms with Crippen LogP contribution in [0.2, 0.25) is 0 Å². The van der Waals surface area contributed by atoms with E-state index < -0.39 is 6.10 Å². The van der Waals surface area contributed by atoms with Gasteiger partial charge in [0.25, 0.3) is 5.91 Å². The Morgan fingerprint density at radius 3 is 2.96 bits per heavy atom. The lowest BCUT2D eigenvalue weighted by molar-refractivity contribution is -0.127. The molecule has 1 atom stereocenters. The van der Waals surface area contributed by atoms with Crippen LogP contribution in [0.25, 0.3) is 0 Å². The predicted octanol–water partition coefficient (Wildman–Crippen LogP) is 2.12. The molecule has 1 aliphatic heterocycles. The van der Waals surface area contributed by atoms with Crippen LogP contribution in [0.5, 0.6) is 5.75 Å². The molecular weight excluding hydrogens is 302 g/mol. The maximum Gasteiger partial charge on any atom is 0.261 e. The van der Waals surface area contributed by atoms with Gasteiger partial charge in [-0.15, -0.1) is 0 Å². The molecular formula is C19H23N3O2. The third kappa shape index (κ3) is 3.74. The monoisotopic (exact) mass is 325 g/mol. The quantitative estimate of drug-likeness (QED) is 0.884. The number of aromatic nitrogens is 1. The van der Waals surface area contributed by atoms with Gasteiger partial charge < -0.3 is 15.4 Å². The number of hydrogen-bond donors (Lipinski definition) is 2. The number of para-hydroxylation sites is 1. The van der Waals surface area contributed by atoms with Gasteiger partial charge in [-0.05, 0) is 55.6 Å². The summed E-state index contributed by atoms with van der Waals surface area (Å²) in [5.41, 5.74) is 4.66. The molecule has 0 saturated heterocycles. The molecule has 2 heterocycles. The van der Waals surface area contributed by atoms with Crippen molar-refractivity contribution < 1.29 is 9.53 Å². The number of ether oxygens (including phenoxy) is 1. The van der Waals surface area contributed by atoms with E-state index >= 15 is 0 Å². The number of rotatable bonds is 5. The van der Waals surface area contributed by atoms with Gasteiger partial charge in [-0.2, -0.15) is 0 Å². The molecule has 2 N–H and O–H groups in total. The molecule has 0 saturated carbocycles. The molecule has 1 amide bonds. The van der Waals surface area contributed by atoms with Crippen molar-refractivity contribution in [2.45, 2.75) is 39.5 Å². The number of aryl methyl sites for hydroxylation is 1. The average molecular weight is 325 g/mol. The molecule has 0 fully saturated rings. The maximum absolute atomic E-state index is 12.3. The lowest BCUT2D eigenvalue weighted by Gasteiger charge is -2.22. The van der Waals surface area contributed by atoms with E-state index in [1.807, 2.05) is 43.5 Å². The Morgan fingerprint density at radius 1 is 1.38 bits per heavy atom. The Morgan fingerprint density at radius 2 is 2.17 bits per heavy atom. The van der Waals surface area contributed by atoms with Crippen molar-refractivity contribution in [3.05, 3.63) is 58.9 Å². The van der Waals surface area contributed by atoms with Crippen LogP contribution in [-0.2, 0) is 24.3 Å². The molecule has 1 aromatic heterocycles. The molecule has 0 aliphatic carbocycles. The highest BCUT2D eigenvalue weighted by Gasteiger charge is 2.18. The number of benzene rings is 1. The van der Waals surface area contributed by atoms with Gasteiger partial charge >= 0.3 is 0 Å². The molecule has 2 aromatic rings. The zero-order valence-corrected chi connectivity index (χ0v) is 14.1. The molecule has 0 radical (unpaired) electrons. The van der Waals surface area contributed by atoms with Gasteiger partial charge in [0.1, 0.15) is 5.75 Å². The van der Waals surface area contributed by atoms with Crippen molar-refractivity contribution in [2.24, 2.45) is 0 Å². The second-order valence-corrected chi connectivity index (χ2v) is 6.04. The Bertz CT molecular complexity index is 716. The standard InChI is InChI=1S/C19H23N3O2/c1-13-18(17-8-9-20-10-15(17)11-21-13)12-22-19(23)14(2)24-16-6-4-3-5-7-16/h3-7,11,14,20H,8-10,12H2,1-2H3,(H,22,23)/t14-/m0/s1. The number of carbonyl (C=O) groups is 1. The van der Waals surface area contributed by atoms with Gasteiger partial charge in [-0.25, -0.2) is 0 Å². The normalized spacial score (nSPS) is 14.6. The summed E-state index contributed by atoms with van der Waals surface area (Å²) in [6.07, 6.45) is 2.37. The zero-order valence-electron chi connectivity index (χ0n) is 14.1. The van der Waals surface area contributed by atoms with E-state index in [1.165, 1.54) is 11.1 Å². The Kier molecular flexibility index (Phi) is 5.11. The highest BCUT2D eigenvalue weighted by atomic mass is 16.5. The van der Waals surface area contributed by atoms with E-state index in [1.54, 1.807) is 6.92 Å². The minimum Gasteiger partial charge on any atom is -0.481 e. The number of carbonyl (C=O) groups excluding carboxylic acids is 1. The van der Waals surface area contributed by atoms with E-state index in [9.17, 15) is 4.79 Å². The summed E-state index contributed by atoms with van der Waals surface area (Å²) in [6.45, 7) is 6.05. The van der Waals surface area contributed by atoms with E-state index in [4.69, 9.17) is 4.74 Å². The molecule has 5 nitrogen and oxygen atoms in total. The SMILES string of the molecule is Cc1ncc2c(c1CNC(=O)[C@H](C)Oc1ccccc1)CCNC2. The topological polar surface area (TPSA) is 63.2 Å². The first-order chi connectivity index (χ1) is 11.6. The average Bonchev–Trinajstić information content (AvgIpc) is 2.61. The van der Waals surface area contributed by atoms with Crippen LogP contribution in [0.4, 0.5) is 0 Å². The Labute approximate surface area is 142 Å². The lowest BCUT2D eigenvalue weighted by Crippen LogP contribution is -2.36. The van der Waals surface area contributed by atoms with Crippen LogP contribution < -0.4 is 15.4 Å². The molecule has 24 heavy (non-hydrogen) atoms. The molecule has 0 bridgehead atoms. The first-order valence-corrected chi connectivity index (χ1v) is 8.31. The van der Waals surface area contributed by atoms with Crippen molar-refractivity contribution in [1.29, 1.82) is 0 Å². The fraction of sp³-hybridized carbons (Fsp3) is 0.368. The molecule has 1 aromatic carbocycles. The first kappa shape index (κ1) is 16.5. The van der Waals surface area contributed by atoms with Gasteiger partial charge in [0.15, 0.2) is 6.10 Å². The lowest BCUT2D eigenvalue weighted by atomic mass is 9.96. The minimum atomic E-state index is -0.540. The van der Waals surface area contributed by atoms with Crippen LogP contribution in [-0.4, -0.2) is 23.5 Å². The molecule has 0 unspecified atom stereocenters. The van der Waals surface area contributed by atoms with E-state index in [0.29, 0.717) is 12.3 Å². The van der Waals surface area contributed by atoms with Gasteiger partial charge in [-0.3, -0.25) is 9.78 Å².